The van der Waals surface area contributed by atoms with Gasteiger partial charge in [-0.3, -0.25) is 14.4 Å². The molecule has 8 nitrogen and oxygen atoms in total. The van der Waals surface area contributed by atoms with Gasteiger partial charge in [0.25, 0.3) is 11.8 Å². The van der Waals surface area contributed by atoms with Crippen molar-refractivity contribution in [3.63, 3.8) is 0 Å². The first-order valence-corrected chi connectivity index (χ1v) is 10.9. The normalized spacial score (nSPS) is 10.8. The number of halogens is 1. The Morgan fingerprint density at radius 3 is 2.31 bits per heavy atom. The van der Waals surface area contributed by atoms with Crippen LogP contribution in [0.2, 0.25) is 5.02 Å². The molecule has 5 rings (SSSR count). The van der Waals surface area contributed by atoms with Crippen molar-refractivity contribution in [2.75, 3.05) is 10.6 Å². The Labute approximate surface area is 203 Å². The van der Waals surface area contributed by atoms with E-state index in [1.807, 2.05) is 6.07 Å². The molecule has 0 aliphatic carbocycles. The molecule has 0 bridgehead atoms. The summed E-state index contributed by atoms with van der Waals surface area (Å²) in [6, 6.07) is 23.7. The fraction of sp³-hybridized carbons (Fsp3) is 0. The fourth-order valence-electron chi connectivity index (χ4n) is 3.51. The number of nitrogens with one attached hydrogen (secondary N) is 2. The van der Waals surface area contributed by atoms with E-state index in [4.69, 9.17) is 16.0 Å². The number of nitrogens with zero attached hydrogens (tertiary/aromatic N) is 2. The zero-order chi connectivity index (χ0) is 24.4. The van der Waals surface area contributed by atoms with Crippen LogP contribution in [0.4, 0.5) is 11.4 Å². The molecule has 2 heterocycles. The van der Waals surface area contributed by atoms with E-state index in [0.717, 1.165) is 0 Å². The van der Waals surface area contributed by atoms with Crippen LogP contribution in [0.3, 0.4) is 0 Å². The Bertz CT molecular complexity index is 1610. The van der Waals surface area contributed by atoms with Gasteiger partial charge >= 0.3 is 0 Å². The highest BCUT2D eigenvalue weighted by Gasteiger charge is 2.24. The van der Waals surface area contributed by atoms with Crippen LogP contribution in [0.5, 0.6) is 0 Å². The second kappa shape index (κ2) is 9.28. The molecule has 0 fully saturated rings. The number of anilines is 2. The average Bonchev–Trinajstić information content (AvgIpc) is 3.24. The molecule has 2 aromatic heterocycles. The monoisotopic (exact) mass is 484 g/mol. The number of carbonyl (C=O) groups is 2. The lowest BCUT2D eigenvalue weighted by atomic mass is 10.2. The summed E-state index contributed by atoms with van der Waals surface area (Å²) in [6.07, 6.45) is 1.45. The summed E-state index contributed by atoms with van der Waals surface area (Å²) in [4.78, 5) is 38.7. The Hall–Kier alpha value is -4.69. The molecule has 3 aromatic carbocycles. The summed E-state index contributed by atoms with van der Waals surface area (Å²) in [5, 5.41) is 10.6. The maximum absolute atomic E-state index is 13.2. The molecular weight excluding hydrogens is 468 g/mol. The number of aromatic nitrogens is 2. The minimum atomic E-state index is -0.779. The number of furan rings is 1. The van der Waals surface area contributed by atoms with E-state index in [2.05, 4.69) is 15.7 Å². The highest BCUT2D eigenvalue weighted by atomic mass is 35.5. The summed E-state index contributed by atoms with van der Waals surface area (Å²) in [5.41, 5.74) is 0.798. The number of hydrogen-bond donors (Lipinski definition) is 2. The predicted molar refractivity (Wildman–Crippen MR) is 133 cm³/mol. The third-order valence-electron chi connectivity index (χ3n) is 5.19. The van der Waals surface area contributed by atoms with Crippen molar-refractivity contribution in [3.05, 3.63) is 118 Å². The molecule has 0 aliphatic heterocycles. The maximum Gasteiger partial charge on any atom is 0.293 e. The maximum atomic E-state index is 13.2. The van der Waals surface area contributed by atoms with E-state index < -0.39 is 17.2 Å². The Balaban J connectivity index is 1.51. The lowest BCUT2D eigenvalue weighted by Crippen LogP contribution is -2.26. The number of hydrogen-bond acceptors (Lipinski definition) is 5. The standard InChI is InChI=1S/C26H17ClN4O4/c27-16-10-12-18(13-11-16)31-15-14-20(32)23(30-31)25(33)29-22-19-8-4-5-9-21(19)35-24(22)26(34)28-17-6-2-1-3-7-17/h1-15H,(H,28,34)(H,29,33). The molecule has 2 amide bonds. The molecule has 0 radical (unpaired) electrons. The van der Waals surface area contributed by atoms with Crippen molar-refractivity contribution in [1.82, 2.24) is 9.78 Å². The molecule has 0 aliphatic rings. The van der Waals surface area contributed by atoms with Gasteiger partial charge in [-0.15, -0.1) is 0 Å². The Morgan fingerprint density at radius 1 is 0.829 bits per heavy atom. The predicted octanol–water partition coefficient (Wildman–Crippen LogP) is 5.14. The highest BCUT2D eigenvalue weighted by Crippen LogP contribution is 2.31. The van der Waals surface area contributed by atoms with Gasteiger partial charge in [-0.25, -0.2) is 4.68 Å². The number of benzene rings is 3. The minimum absolute atomic E-state index is 0.0997. The first-order chi connectivity index (χ1) is 17.0. The highest BCUT2D eigenvalue weighted by molar-refractivity contribution is 6.30. The molecule has 35 heavy (non-hydrogen) atoms. The van der Waals surface area contributed by atoms with E-state index in [9.17, 15) is 14.4 Å². The largest absolute Gasteiger partial charge is 0.449 e. The van der Waals surface area contributed by atoms with Crippen molar-refractivity contribution in [2.24, 2.45) is 0 Å². The first kappa shape index (κ1) is 22.1. The van der Waals surface area contributed by atoms with Crippen molar-refractivity contribution in [1.29, 1.82) is 0 Å². The van der Waals surface area contributed by atoms with Crippen LogP contribution in [0.25, 0.3) is 16.7 Å². The third kappa shape index (κ3) is 4.55. The summed E-state index contributed by atoms with van der Waals surface area (Å²) < 4.78 is 7.15. The van der Waals surface area contributed by atoms with Crippen molar-refractivity contribution >= 4 is 45.8 Å². The second-order valence-electron chi connectivity index (χ2n) is 7.53. The zero-order valence-electron chi connectivity index (χ0n) is 18.1. The average molecular weight is 485 g/mol. The van der Waals surface area contributed by atoms with Crippen LogP contribution in [-0.4, -0.2) is 21.6 Å². The van der Waals surface area contributed by atoms with Crippen LogP contribution >= 0.6 is 11.6 Å². The van der Waals surface area contributed by atoms with Gasteiger partial charge in [0, 0.05) is 28.4 Å². The van der Waals surface area contributed by atoms with Crippen molar-refractivity contribution in [3.8, 4) is 5.69 Å². The van der Waals surface area contributed by atoms with E-state index >= 15 is 0 Å². The lowest BCUT2D eigenvalue weighted by Gasteiger charge is -2.09. The molecular formula is C26H17ClN4O4. The first-order valence-electron chi connectivity index (χ1n) is 10.5. The number of rotatable bonds is 5. The molecule has 0 saturated heterocycles. The van der Waals surface area contributed by atoms with E-state index in [1.54, 1.807) is 72.8 Å². The minimum Gasteiger partial charge on any atom is -0.449 e. The Morgan fingerprint density at radius 2 is 1.54 bits per heavy atom. The smallest absolute Gasteiger partial charge is 0.293 e. The fourth-order valence-corrected chi connectivity index (χ4v) is 3.64. The van der Waals surface area contributed by atoms with Gasteiger partial charge in [-0.05, 0) is 48.5 Å². The lowest BCUT2D eigenvalue weighted by molar-refractivity contribution is 0.0999. The number of amides is 2. The van der Waals surface area contributed by atoms with Crippen LogP contribution in [0, 0.1) is 0 Å². The molecule has 5 aromatic rings. The molecule has 0 atom stereocenters. The SMILES string of the molecule is O=C(Nc1ccccc1)c1oc2ccccc2c1NC(=O)c1nn(-c2ccc(Cl)cc2)ccc1=O. The van der Waals surface area contributed by atoms with Gasteiger partial charge in [0.05, 0.1) is 5.69 Å². The molecule has 2 N–H and O–H groups in total. The van der Waals surface area contributed by atoms with Crippen LogP contribution in [0.1, 0.15) is 21.0 Å². The van der Waals surface area contributed by atoms with Crippen LogP contribution in [0.15, 0.2) is 100 Å². The molecule has 172 valence electrons. The van der Waals surface area contributed by atoms with Gasteiger partial charge < -0.3 is 15.1 Å². The Kier molecular flexibility index (Phi) is 5.87. The molecule has 9 heteroatoms. The molecule has 0 spiro atoms. The summed E-state index contributed by atoms with van der Waals surface area (Å²) in [5.74, 6) is -1.43. The van der Waals surface area contributed by atoms with Crippen molar-refractivity contribution < 1.29 is 14.0 Å². The zero-order valence-corrected chi connectivity index (χ0v) is 18.8. The molecule has 0 unspecified atom stereocenters. The summed E-state index contributed by atoms with van der Waals surface area (Å²) >= 11 is 5.94. The van der Waals surface area contributed by atoms with Gasteiger partial charge in [-0.2, -0.15) is 5.10 Å². The van der Waals surface area contributed by atoms with Crippen LogP contribution < -0.4 is 16.1 Å². The van der Waals surface area contributed by atoms with Gasteiger partial charge in [0.2, 0.25) is 11.2 Å². The van der Waals surface area contributed by atoms with Gasteiger partial charge in [0.15, 0.2) is 5.69 Å². The van der Waals surface area contributed by atoms with E-state index in [0.29, 0.717) is 27.4 Å². The van der Waals surface area contributed by atoms with Crippen molar-refractivity contribution in [2.45, 2.75) is 0 Å². The third-order valence-corrected chi connectivity index (χ3v) is 5.44. The van der Waals surface area contributed by atoms with Gasteiger partial charge in [0.1, 0.15) is 11.3 Å². The quantitative estimate of drug-likeness (QED) is 0.359. The van der Waals surface area contributed by atoms with Crippen LogP contribution in [-0.2, 0) is 0 Å². The topological polar surface area (TPSA) is 106 Å². The van der Waals surface area contributed by atoms with E-state index in [1.165, 1.54) is 16.9 Å². The van der Waals surface area contributed by atoms with E-state index in [-0.39, 0.29) is 17.1 Å². The number of fused-ring (bicyclic) bond motifs is 1. The molecule has 0 saturated carbocycles. The van der Waals surface area contributed by atoms with Gasteiger partial charge in [-0.1, -0.05) is 41.9 Å². The number of para-hydroxylation sites is 2. The summed E-state index contributed by atoms with van der Waals surface area (Å²) in [7, 11) is 0. The summed E-state index contributed by atoms with van der Waals surface area (Å²) in [6.45, 7) is 0. The second-order valence-corrected chi connectivity index (χ2v) is 7.96. The number of carbonyl (C=O) groups excluding carboxylic acids is 2.